The summed E-state index contributed by atoms with van der Waals surface area (Å²) in [5, 5.41) is 9.62. The minimum atomic E-state index is -3.02. The molecule has 2 heterocycles. The zero-order chi connectivity index (χ0) is 14.8. The summed E-state index contributed by atoms with van der Waals surface area (Å²) in [4.78, 5) is 26.8. The van der Waals surface area contributed by atoms with Crippen LogP contribution in [0.25, 0.3) is 0 Å². The van der Waals surface area contributed by atoms with Gasteiger partial charge in [-0.15, -0.1) is 0 Å². The highest BCUT2D eigenvalue weighted by Crippen LogP contribution is 2.13. The standard InChI is InChI=1S/C12H20N2O5S/c15-10-3-1-2-4-14(12(10)17)9-11(16)13-5-7-20(18,19)8-6-13/h10,15H,1-9H2. The number of carbonyl (C=O) groups excluding carboxylic acids is 2. The average molecular weight is 304 g/mol. The molecule has 1 unspecified atom stereocenters. The van der Waals surface area contributed by atoms with Gasteiger partial charge in [0.25, 0.3) is 5.91 Å². The Morgan fingerprint density at radius 2 is 1.85 bits per heavy atom. The Kier molecular flexibility index (Phi) is 4.64. The molecule has 1 atom stereocenters. The second-order valence-corrected chi connectivity index (χ2v) is 7.61. The van der Waals surface area contributed by atoms with Crippen molar-refractivity contribution in [3.63, 3.8) is 0 Å². The highest BCUT2D eigenvalue weighted by atomic mass is 32.2. The molecule has 0 aromatic rings. The average Bonchev–Trinajstić information content (AvgIpc) is 2.54. The number of aliphatic hydroxyl groups is 1. The Hall–Kier alpha value is -1.15. The van der Waals surface area contributed by atoms with Crippen LogP contribution in [-0.4, -0.2) is 78.9 Å². The lowest BCUT2D eigenvalue weighted by atomic mass is 10.2. The van der Waals surface area contributed by atoms with Crippen molar-refractivity contribution in [2.75, 3.05) is 37.7 Å². The summed E-state index contributed by atoms with van der Waals surface area (Å²) in [6.07, 6.45) is 0.946. The molecular formula is C12H20N2O5S. The van der Waals surface area contributed by atoms with E-state index in [9.17, 15) is 23.1 Å². The number of rotatable bonds is 2. The fourth-order valence-electron chi connectivity index (χ4n) is 2.47. The molecule has 0 aromatic carbocycles. The van der Waals surface area contributed by atoms with Crippen LogP contribution in [0.5, 0.6) is 0 Å². The molecular weight excluding hydrogens is 284 g/mol. The Morgan fingerprint density at radius 1 is 1.20 bits per heavy atom. The quantitative estimate of drug-likeness (QED) is 0.678. The molecule has 0 aromatic heterocycles. The van der Waals surface area contributed by atoms with E-state index >= 15 is 0 Å². The molecule has 2 aliphatic rings. The maximum atomic E-state index is 12.1. The van der Waals surface area contributed by atoms with Crippen molar-refractivity contribution in [3.8, 4) is 0 Å². The van der Waals surface area contributed by atoms with Gasteiger partial charge in [0, 0.05) is 19.6 Å². The molecule has 0 aliphatic carbocycles. The van der Waals surface area contributed by atoms with Crippen LogP contribution in [0.3, 0.4) is 0 Å². The van der Waals surface area contributed by atoms with Crippen molar-refractivity contribution >= 4 is 21.7 Å². The van der Waals surface area contributed by atoms with Crippen molar-refractivity contribution in [2.45, 2.75) is 25.4 Å². The van der Waals surface area contributed by atoms with Gasteiger partial charge >= 0.3 is 0 Å². The first-order valence-corrected chi connectivity index (χ1v) is 8.66. The third-order valence-electron chi connectivity index (χ3n) is 3.78. The van der Waals surface area contributed by atoms with Crippen LogP contribution in [0.15, 0.2) is 0 Å². The largest absolute Gasteiger partial charge is 0.383 e. The van der Waals surface area contributed by atoms with Gasteiger partial charge in [-0.2, -0.15) is 0 Å². The number of nitrogens with zero attached hydrogens (tertiary/aromatic N) is 2. The first kappa shape index (κ1) is 15.2. The molecule has 114 valence electrons. The molecule has 0 radical (unpaired) electrons. The second kappa shape index (κ2) is 6.09. The lowest BCUT2D eigenvalue weighted by Gasteiger charge is -2.30. The van der Waals surface area contributed by atoms with Crippen LogP contribution in [0.1, 0.15) is 19.3 Å². The summed E-state index contributed by atoms with van der Waals surface area (Å²) in [5.41, 5.74) is 0. The predicted molar refractivity (Wildman–Crippen MR) is 71.7 cm³/mol. The third kappa shape index (κ3) is 3.69. The zero-order valence-corrected chi connectivity index (χ0v) is 12.1. The third-order valence-corrected chi connectivity index (χ3v) is 5.38. The lowest BCUT2D eigenvalue weighted by Crippen LogP contribution is -2.49. The molecule has 20 heavy (non-hydrogen) atoms. The van der Waals surface area contributed by atoms with Crippen LogP contribution < -0.4 is 0 Å². The maximum Gasteiger partial charge on any atom is 0.251 e. The van der Waals surface area contributed by atoms with Crippen molar-refractivity contribution in [2.24, 2.45) is 0 Å². The Morgan fingerprint density at radius 3 is 2.50 bits per heavy atom. The molecule has 2 saturated heterocycles. The minimum Gasteiger partial charge on any atom is -0.383 e. The van der Waals surface area contributed by atoms with E-state index in [1.54, 1.807) is 0 Å². The monoisotopic (exact) mass is 304 g/mol. The van der Waals surface area contributed by atoms with Gasteiger partial charge in [-0.3, -0.25) is 9.59 Å². The Balaban J connectivity index is 1.92. The van der Waals surface area contributed by atoms with Crippen LogP contribution in [0.4, 0.5) is 0 Å². The summed E-state index contributed by atoms with van der Waals surface area (Å²) in [7, 11) is -3.02. The number of hydrogen-bond donors (Lipinski definition) is 1. The number of hydrogen-bond acceptors (Lipinski definition) is 5. The fraction of sp³-hybridized carbons (Fsp3) is 0.833. The summed E-state index contributed by atoms with van der Waals surface area (Å²) < 4.78 is 22.6. The molecule has 2 fully saturated rings. The molecule has 7 nitrogen and oxygen atoms in total. The molecule has 2 rings (SSSR count). The number of carbonyl (C=O) groups is 2. The topological polar surface area (TPSA) is 95.0 Å². The van der Waals surface area contributed by atoms with Crippen molar-refractivity contribution in [3.05, 3.63) is 0 Å². The normalized spacial score (nSPS) is 27.2. The molecule has 0 saturated carbocycles. The highest BCUT2D eigenvalue weighted by Gasteiger charge is 2.30. The highest BCUT2D eigenvalue weighted by molar-refractivity contribution is 7.91. The SMILES string of the molecule is O=C(CN1CCCCC(O)C1=O)N1CCS(=O)(=O)CC1. The van der Waals surface area contributed by atoms with E-state index in [1.165, 1.54) is 9.80 Å². The van der Waals surface area contributed by atoms with Crippen molar-refractivity contribution in [1.29, 1.82) is 0 Å². The van der Waals surface area contributed by atoms with Crippen LogP contribution in [0, 0.1) is 0 Å². The van der Waals surface area contributed by atoms with Gasteiger partial charge in [-0.05, 0) is 19.3 Å². The molecule has 0 spiro atoms. The van der Waals surface area contributed by atoms with E-state index in [-0.39, 0.29) is 37.0 Å². The Bertz CT molecular complexity index is 476. The van der Waals surface area contributed by atoms with Gasteiger partial charge in [0.1, 0.15) is 6.10 Å². The van der Waals surface area contributed by atoms with Gasteiger partial charge in [0.05, 0.1) is 18.1 Å². The molecule has 2 amide bonds. The maximum absolute atomic E-state index is 12.1. The van der Waals surface area contributed by atoms with E-state index in [4.69, 9.17) is 0 Å². The van der Waals surface area contributed by atoms with Gasteiger partial charge in [0.15, 0.2) is 9.84 Å². The van der Waals surface area contributed by atoms with Crippen molar-refractivity contribution in [1.82, 2.24) is 9.80 Å². The molecule has 8 heteroatoms. The predicted octanol–water partition coefficient (Wildman–Crippen LogP) is -1.38. The fourth-order valence-corrected chi connectivity index (χ4v) is 3.67. The van der Waals surface area contributed by atoms with E-state index in [1.807, 2.05) is 0 Å². The van der Waals surface area contributed by atoms with Crippen molar-refractivity contribution < 1.29 is 23.1 Å². The van der Waals surface area contributed by atoms with Gasteiger partial charge in [0.2, 0.25) is 5.91 Å². The number of likely N-dealkylation sites (tertiary alicyclic amines) is 1. The minimum absolute atomic E-state index is 0.0185. The molecule has 0 bridgehead atoms. The van der Waals surface area contributed by atoms with Crippen LogP contribution in [-0.2, 0) is 19.4 Å². The van der Waals surface area contributed by atoms with Gasteiger partial charge in [-0.25, -0.2) is 8.42 Å². The smallest absolute Gasteiger partial charge is 0.251 e. The van der Waals surface area contributed by atoms with E-state index in [0.29, 0.717) is 13.0 Å². The summed E-state index contributed by atoms with van der Waals surface area (Å²) in [6, 6.07) is 0. The number of sulfone groups is 1. The first-order chi connectivity index (χ1) is 9.39. The molecule has 2 aliphatic heterocycles. The summed E-state index contributed by atoms with van der Waals surface area (Å²) >= 11 is 0. The summed E-state index contributed by atoms with van der Waals surface area (Å²) in [5.74, 6) is -0.687. The van der Waals surface area contributed by atoms with Crippen LogP contribution >= 0.6 is 0 Å². The van der Waals surface area contributed by atoms with E-state index in [0.717, 1.165) is 12.8 Å². The zero-order valence-electron chi connectivity index (χ0n) is 11.3. The van der Waals surface area contributed by atoms with Gasteiger partial charge in [-0.1, -0.05) is 0 Å². The first-order valence-electron chi connectivity index (χ1n) is 6.84. The van der Waals surface area contributed by atoms with E-state index in [2.05, 4.69) is 0 Å². The second-order valence-electron chi connectivity index (χ2n) is 5.30. The molecule has 1 N–H and O–H groups in total. The number of aliphatic hydroxyl groups excluding tert-OH is 1. The Labute approximate surface area is 118 Å². The number of amides is 2. The van der Waals surface area contributed by atoms with Gasteiger partial charge < -0.3 is 14.9 Å². The summed E-state index contributed by atoms with van der Waals surface area (Å²) in [6.45, 7) is 0.765. The van der Waals surface area contributed by atoms with Crippen LogP contribution in [0.2, 0.25) is 0 Å². The van der Waals surface area contributed by atoms with E-state index < -0.39 is 21.8 Å². The lowest BCUT2D eigenvalue weighted by molar-refractivity contribution is -0.145.